The molecule has 0 saturated heterocycles. The third kappa shape index (κ3) is 1.90. The Morgan fingerprint density at radius 1 is 1.44 bits per heavy atom. The minimum Gasteiger partial charge on any atom is -0.347 e. The Kier molecular flexibility index (Phi) is 2.62. The van der Waals surface area contributed by atoms with E-state index in [-0.39, 0.29) is 5.56 Å². The molecule has 94 valence electrons. The summed E-state index contributed by atoms with van der Waals surface area (Å²) in [7, 11) is 0. The summed E-state index contributed by atoms with van der Waals surface area (Å²) in [5.74, 6) is 2.48. The second kappa shape index (κ2) is 4.29. The molecule has 0 saturated carbocycles. The Bertz CT molecular complexity index is 615. The van der Waals surface area contributed by atoms with Crippen LogP contribution in [0.4, 0.5) is 5.82 Å². The van der Waals surface area contributed by atoms with Crippen LogP contribution in [0.2, 0.25) is 0 Å². The van der Waals surface area contributed by atoms with Crippen molar-refractivity contribution in [1.29, 1.82) is 0 Å². The number of hydrogen-bond donors (Lipinski definition) is 1. The highest BCUT2D eigenvalue weighted by molar-refractivity contribution is 5.38. The summed E-state index contributed by atoms with van der Waals surface area (Å²) in [6, 6.07) is 1.55. The minimum absolute atomic E-state index is 0.0919. The van der Waals surface area contributed by atoms with Crippen molar-refractivity contribution < 1.29 is 0 Å². The van der Waals surface area contributed by atoms with Gasteiger partial charge in [-0.1, -0.05) is 6.92 Å². The van der Waals surface area contributed by atoms with Crippen molar-refractivity contribution in [3.63, 3.8) is 0 Å². The van der Waals surface area contributed by atoms with Gasteiger partial charge in [-0.15, -0.1) is 0 Å². The number of anilines is 1. The number of aryl methyl sites for hydroxylation is 1. The molecule has 0 atom stereocenters. The molecule has 18 heavy (non-hydrogen) atoms. The van der Waals surface area contributed by atoms with Crippen molar-refractivity contribution in [3.05, 3.63) is 40.5 Å². The third-order valence-corrected chi connectivity index (χ3v) is 3.18. The molecule has 1 aliphatic rings. The van der Waals surface area contributed by atoms with E-state index in [1.807, 2.05) is 19.3 Å². The van der Waals surface area contributed by atoms with Crippen molar-refractivity contribution in [2.24, 2.45) is 0 Å². The van der Waals surface area contributed by atoms with E-state index in [0.717, 1.165) is 37.0 Å². The Balaban J connectivity index is 1.92. The second-order valence-corrected chi connectivity index (χ2v) is 4.36. The van der Waals surface area contributed by atoms with Crippen LogP contribution in [-0.2, 0) is 19.5 Å². The van der Waals surface area contributed by atoms with E-state index in [0.29, 0.717) is 6.54 Å². The van der Waals surface area contributed by atoms with Crippen LogP contribution in [0.1, 0.15) is 18.6 Å². The summed E-state index contributed by atoms with van der Waals surface area (Å²) in [4.78, 5) is 25.2. The second-order valence-electron chi connectivity index (χ2n) is 4.36. The lowest BCUT2D eigenvalue weighted by atomic mass is 10.3. The van der Waals surface area contributed by atoms with Crippen LogP contribution in [0, 0.1) is 0 Å². The van der Waals surface area contributed by atoms with Gasteiger partial charge in [0, 0.05) is 38.0 Å². The van der Waals surface area contributed by atoms with Gasteiger partial charge in [0.15, 0.2) is 0 Å². The van der Waals surface area contributed by atoms with E-state index < -0.39 is 0 Å². The summed E-state index contributed by atoms with van der Waals surface area (Å²) >= 11 is 0. The Morgan fingerprint density at radius 3 is 3.17 bits per heavy atom. The molecule has 1 aliphatic heterocycles. The predicted octanol–water partition coefficient (Wildman–Crippen LogP) is 0.549. The number of nitrogens with zero attached hydrogens (tertiary/aromatic N) is 4. The molecule has 0 bridgehead atoms. The van der Waals surface area contributed by atoms with E-state index in [9.17, 15) is 4.79 Å². The average Bonchev–Trinajstić information content (AvgIpc) is 2.85. The largest absolute Gasteiger partial charge is 0.347 e. The van der Waals surface area contributed by atoms with Gasteiger partial charge in [0.2, 0.25) is 0 Å². The van der Waals surface area contributed by atoms with Crippen LogP contribution in [0.5, 0.6) is 0 Å². The van der Waals surface area contributed by atoms with Gasteiger partial charge < -0.3 is 14.5 Å². The molecule has 3 heterocycles. The molecule has 1 N–H and O–H groups in total. The molecular weight excluding hydrogens is 230 g/mol. The van der Waals surface area contributed by atoms with Crippen molar-refractivity contribution >= 4 is 5.82 Å². The van der Waals surface area contributed by atoms with Crippen molar-refractivity contribution in [1.82, 2.24) is 19.5 Å². The number of fused-ring (bicyclic) bond motifs is 1. The fourth-order valence-corrected chi connectivity index (χ4v) is 2.19. The van der Waals surface area contributed by atoms with Gasteiger partial charge in [-0.2, -0.15) is 0 Å². The lowest BCUT2D eigenvalue weighted by Crippen LogP contribution is -2.35. The topological polar surface area (TPSA) is 66.8 Å². The van der Waals surface area contributed by atoms with Crippen molar-refractivity contribution in [2.45, 2.75) is 26.4 Å². The number of hydrogen-bond acceptors (Lipinski definition) is 4. The smallest absolute Gasteiger partial charge is 0.252 e. The van der Waals surface area contributed by atoms with E-state index in [4.69, 9.17) is 0 Å². The zero-order valence-electron chi connectivity index (χ0n) is 10.3. The molecule has 0 aromatic carbocycles. The van der Waals surface area contributed by atoms with Gasteiger partial charge in [0.1, 0.15) is 17.5 Å². The monoisotopic (exact) mass is 245 g/mol. The van der Waals surface area contributed by atoms with Crippen LogP contribution in [0.15, 0.2) is 23.3 Å². The van der Waals surface area contributed by atoms with Crippen LogP contribution >= 0.6 is 0 Å². The molecule has 3 rings (SSSR count). The highest BCUT2D eigenvalue weighted by Gasteiger charge is 2.18. The number of nitrogens with one attached hydrogen (secondary N) is 1. The quantitative estimate of drug-likeness (QED) is 0.839. The molecular formula is C12H15N5O. The van der Waals surface area contributed by atoms with Gasteiger partial charge in [0.25, 0.3) is 5.56 Å². The van der Waals surface area contributed by atoms with Gasteiger partial charge >= 0.3 is 0 Å². The van der Waals surface area contributed by atoms with Crippen LogP contribution < -0.4 is 10.5 Å². The maximum atomic E-state index is 11.6. The van der Waals surface area contributed by atoms with Crippen LogP contribution in [0.25, 0.3) is 0 Å². The molecule has 0 spiro atoms. The average molecular weight is 245 g/mol. The Hall–Kier alpha value is -2.11. The fraction of sp³-hybridized carbons (Fsp3) is 0.417. The highest BCUT2D eigenvalue weighted by Crippen LogP contribution is 2.16. The normalized spacial score (nSPS) is 14.6. The van der Waals surface area contributed by atoms with Crippen molar-refractivity contribution in [2.75, 3.05) is 11.4 Å². The molecule has 2 aromatic rings. The van der Waals surface area contributed by atoms with Gasteiger partial charge in [-0.25, -0.2) is 9.97 Å². The zero-order valence-corrected chi connectivity index (χ0v) is 10.3. The number of rotatable bonds is 2. The molecule has 0 aliphatic carbocycles. The Labute approximate surface area is 104 Å². The summed E-state index contributed by atoms with van der Waals surface area (Å²) in [6.07, 6.45) is 4.52. The maximum absolute atomic E-state index is 11.6. The summed E-state index contributed by atoms with van der Waals surface area (Å²) in [5.41, 5.74) is -0.0919. The lowest BCUT2D eigenvalue weighted by molar-refractivity contribution is 0.554. The summed E-state index contributed by atoms with van der Waals surface area (Å²) in [5, 5.41) is 0. The molecule has 0 radical (unpaired) electrons. The van der Waals surface area contributed by atoms with E-state index in [1.54, 1.807) is 6.07 Å². The van der Waals surface area contributed by atoms with Gasteiger partial charge in [-0.3, -0.25) is 4.79 Å². The highest BCUT2D eigenvalue weighted by atomic mass is 16.1. The standard InChI is InChI=1S/C12H15N5O/c1-2-9-14-10(7-12(18)15-9)17-6-5-16-4-3-13-11(16)8-17/h3-4,7H,2,5-6,8H2,1H3,(H,14,15,18). The first-order chi connectivity index (χ1) is 8.76. The first kappa shape index (κ1) is 11.0. The maximum Gasteiger partial charge on any atom is 0.252 e. The molecule has 0 amide bonds. The number of aromatic nitrogens is 4. The first-order valence-electron chi connectivity index (χ1n) is 6.11. The zero-order chi connectivity index (χ0) is 12.5. The molecule has 0 unspecified atom stereocenters. The van der Waals surface area contributed by atoms with Crippen LogP contribution in [0.3, 0.4) is 0 Å². The van der Waals surface area contributed by atoms with Gasteiger partial charge in [-0.05, 0) is 0 Å². The first-order valence-corrected chi connectivity index (χ1v) is 6.11. The molecule has 6 nitrogen and oxygen atoms in total. The summed E-state index contributed by atoms with van der Waals surface area (Å²) < 4.78 is 2.13. The number of aromatic amines is 1. The summed E-state index contributed by atoms with van der Waals surface area (Å²) in [6.45, 7) is 4.41. The van der Waals surface area contributed by atoms with E-state index in [1.165, 1.54) is 0 Å². The van der Waals surface area contributed by atoms with Crippen molar-refractivity contribution in [3.8, 4) is 0 Å². The predicted molar refractivity (Wildman–Crippen MR) is 67.5 cm³/mol. The molecule has 6 heteroatoms. The van der Waals surface area contributed by atoms with E-state index >= 15 is 0 Å². The third-order valence-electron chi connectivity index (χ3n) is 3.18. The SMILES string of the molecule is CCc1nc(N2CCn3ccnc3C2)cc(=O)[nH]1. The lowest BCUT2D eigenvalue weighted by Gasteiger charge is -2.28. The van der Waals surface area contributed by atoms with E-state index in [2.05, 4.69) is 24.4 Å². The van der Waals surface area contributed by atoms with Crippen LogP contribution in [-0.4, -0.2) is 26.1 Å². The number of H-pyrrole nitrogens is 1. The minimum atomic E-state index is -0.0919. The molecule has 0 fully saturated rings. The fourth-order valence-electron chi connectivity index (χ4n) is 2.19. The Morgan fingerprint density at radius 2 is 2.33 bits per heavy atom. The number of imidazole rings is 1. The molecule has 2 aromatic heterocycles. The van der Waals surface area contributed by atoms with Gasteiger partial charge in [0.05, 0.1) is 6.54 Å².